The first-order valence-corrected chi connectivity index (χ1v) is 9.76. The summed E-state index contributed by atoms with van der Waals surface area (Å²) in [5.41, 5.74) is 2.18. The van der Waals surface area contributed by atoms with Crippen LogP contribution in [0.2, 0.25) is 0 Å². The molecule has 142 valence electrons. The minimum atomic E-state index is 0.00317. The number of nitrogens with one attached hydrogen (secondary N) is 1. The van der Waals surface area contributed by atoms with Gasteiger partial charge in [-0.25, -0.2) is 4.79 Å². The summed E-state index contributed by atoms with van der Waals surface area (Å²) < 4.78 is 10.9. The van der Waals surface area contributed by atoms with Crippen LogP contribution in [0.1, 0.15) is 43.2 Å². The Hall–Kier alpha value is -2.69. The number of fused-ring (bicyclic) bond motifs is 1. The molecule has 2 aromatic carbocycles. The van der Waals surface area contributed by atoms with E-state index in [-0.39, 0.29) is 12.8 Å². The first kappa shape index (κ1) is 17.7. The number of carbonyl (C=O) groups excluding carboxylic acids is 1. The summed E-state index contributed by atoms with van der Waals surface area (Å²) in [5.74, 6) is 1.54. The Morgan fingerprint density at radius 1 is 0.963 bits per heavy atom. The molecule has 4 rings (SSSR count). The Morgan fingerprint density at radius 2 is 1.74 bits per heavy atom. The van der Waals surface area contributed by atoms with Gasteiger partial charge < -0.3 is 19.7 Å². The zero-order valence-corrected chi connectivity index (χ0v) is 15.5. The molecule has 1 fully saturated rings. The molecule has 2 aliphatic rings. The molecule has 5 heteroatoms. The standard InChI is InChI=1S/C22H26N2O3/c25-22(23-14-17-7-3-1-4-8-17)24(19-9-5-2-6-10-19)15-18-11-12-20-21(13-18)27-16-26-20/h1,3-4,7-8,11-13,19H,2,5-6,9-10,14-16H2,(H,23,25). The highest BCUT2D eigenvalue weighted by Crippen LogP contribution is 2.33. The van der Waals surface area contributed by atoms with Gasteiger partial charge in [0.2, 0.25) is 6.79 Å². The zero-order valence-electron chi connectivity index (χ0n) is 15.5. The minimum absolute atomic E-state index is 0.00317. The third kappa shape index (κ3) is 4.35. The summed E-state index contributed by atoms with van der Waals surface area (Å²) in [6.07, 6.45) is 5.79. The number of urea groups is 1. The van der Waals surface area contributed by atoms with Crippen molar-refractivity contribution >= 4 is 6.03 Å². The number of hydrogen-bond donors (Lipinski definition) is 1. The van der Waals surface area contributed by atoms with Gasteiger partial charge in [0.15, 0.2) is 11.5 Å². The molecule has 1 aliphatic carbocycles. The van der Waals surface area contributed by atoms with Crippen molar-refractivity contribution in [2.75, 3.05) is 6.79 Å². The summed E-state index contributed by atoms with van der Waals surface area (Å²) in [5, 5.41) is 3.10. The van der Waals surface area contributed by atoms with Gasteiger partial charge in [0.25, 0.3) is 0 Å². The molecule has 2 amide bonds. The molecule has 0 spiro atoms. The Kier molecular flexibility index (Phi) is 5.47. The maximum Gasteiger partial charge on any atom is 0.318 e. The van der Waals surface area contributed by atoms with Crippen molar-refractivity contribution in [3.63, 3.8) is 0 Å². The second-order valence-electron chi connectivity index (χ2n) is 7.25. The lowest BCUT2D eigenvalue weighted by atomic mass is 9.94. The fraction of sp³-hybridized carbons (Fsp3) is 0.409. The Morgan fingerprint density at radius 3 is 2.56 bits per heavy atom. The van der Waals surface area contributed by atoms with Crippen LogP contribution >= 0.6 is 0 Å². The van der Waals surface area contributed by atoms with E-state index in [2.05, 4.69) is 5.32 Å². The molecule has 0 atom stereocenters. The van der Waals surface area contributed by atoms with Crippen LogP contribution < -0.4 is 14.8 Å². The van der Waals surface area contributed by atoms with Crippen molar-refractivity contribution < 1.29 is 14.3 Å². The van der Waals surface area contributed by atoms with Gasteiger partial charge in [-0.3, -0.25) is 0 Å². The van der Waals surface area contributed by atoms with E-state index in [0.29, 0.717) is 19.1 Å². The van der Waals surface area contributed by atoms with Gasteiger partial charge in [-0.05, 0) is 36.1 Å². The molecule has 1 aliphatic heterocycles. The van der Waals surface area contributed by atoms with E-state index in [1.165, 1.54) is 19.3 Å². The minimum Gasteiger partial charge on any atom is -0.454 e. The molecule has 1 saturated carbocycles. The third-order valence-corrected chi connectivity index (χ3v) is 5.35. The van der Waals surface area contributed by atoms with E-state index < -0.39 is 0 Å². The van der Waals surface area contributed by atoms with Gasteiger partial charge in [0.1, 0.15) is 0 Å². The molecular weight excluding hydrogens is 340 g/mol. The van der Waals surface area contributed by atoms with Crippen molar-refractivity contribution in [2.24, 2.45) is 0 Å². The van der Waals surface area contributed by atoms with Crippen LogP contribution in [0.5, 0.6) is 11.5 Å². The lowest BCUT2D eigenvalue weighted by Crippen LogP contribution is -2.46. The summed E-state index contributed by atoms with van der Waals surface area (Å²) in [6, 6.07) is 16.3. The SMILES string of the molecule is O=C(NCc1ccccc1)N(Cc1ccc2c(c1)OCO2)C1CCCCC1. The maximum absolute atomic E-state index is 13.0. The van der Waals surface area contributed by atoms with Gasteiger partial charge in [-0.15, -0.1) is 0 Å². The topological polar surface area (TPSA) is 50.8 Å². The molecule has 2 aromatic rings. The molecule has 0 radical (unpaired) electrons. The highest BCUT2D eigenvalue weighted by atomic mass is 16.7. The van der Waals surface area contributed by atoms with Crippen LogP contribution in [0.3, 0.4) is 0 Å². The number of carbonyl (C=O) groups is 1. The smallest absolute Gasteiger partial charge is 0.318 e. The summed E-state index contributed by atoms with van der Waals surface area (Å²) in [6.45, 7) is 1.40. The van der Waals surface area contributed by atoms with Gasteiger partial charge >= 0.3 is 6.03 Å². The molecule has 0 saturated heterocycles. The molecular formula is C22H26N2O3. The predicted octanol–water partition coefficient (Wildman–Crippen LogP) is 4.46. The van der Waals surface area contributed by atoms with Crippen LogP contribution in [-0.2, 0) is 13.1 Å². The molecule has 0 unspecified atom stereocenters. The zero-order chi connectivity index (χ0) is 18.5. The number of nitrogens with zero attached hydrogens (tertiary/aromatic N) is 1. The van der Waals surface area contributed by atoms with Crippen LogP contribution in [0.4, 0.5) is 4.79 Å². The number of benzene rings is 2. The average Bonchev–Trinajstić information content (AvgIpc) is 3.19. The molecule has 1 N–H and O–H groups in total. The lowest BCUT2D eigenvalue weighted by molar-refractivity contribution is 0.150. The average molecular weight is 366 g/mol. The molecule has 1 heterocycles. The lowest BCUT2D eigenvalue weighted by Gasteiger charge is -2.34. The second kappa shape index (κ2) is 8.33. The van der Waals surface area contributed by atoms with Crippen molar-refractivity contribution in [2.45, 2.75) is 51.2 Å². The first-order chi connectivity index (χ1) is 13.3. The van der Waals surface area contributed by atoms with E-state index in [4.69, 9.17) is 9.47 Å². The molecule has 0 aromatic heterocycles. The summed E-state index contributed by atoms with van der Waals surface area (Å²) in [4.78, 5) is 15.0. The van der Waals surface area contributed by atoms with Gasteiger partial charge in [-0.1, -0.05) is 55.7 Å². The largest absolute Gasteiger partial charge is 0.454 e. The fourth-order valence-electron chi connectivity index (χ4n) is 3.87. The quantitative estimate of drug-likeness (QED) is 0.850. The maximum atomic E-state index is 13.0. The normalized spacial score (nSPS) is 16.1. The Balaban J connectivity index is 1.47. The number of hydrogen-bond acceptors (Lipinski definition) is 3. The summed E-state index contributed by atoms with van der Waals surface area (Å²) in [7, 11) is 0. The Bertz CT molecular complexity index is 772. The van der Waals surface area contributed by atoms with Gasteiger partial charge in [-0.2, -0.15) is 0 Å². The van der Waals surface area contributed by atoms with E-state index in [1.807, 2.05) is 53.4 Å². The fourth-order valence-corrected chi connectivity index (χ4v) is 3.87. The van der Waals surface area contributed by atoms with E-state index >= 15 is 0 Å². The predicted molar refractivity (Wildman–Crippen MR) is 104 cm³/mol. The van der Waals surface area contributed by atoms with Gasteiger partial charge in [0.05, 0.1) is 0 Å². The van der Waals surface area contributed by atoms with Gasteiger partial charge in [0, 0.05) is 19.1 Å². The third-order valence-electron chi connectivity index (χ3n) is 5.35. The van der Waals surface area contributed by atoms with Crippen LogP contribution in [-0.4, -0.2) is 23.8 Å². The van der Waals surface area contributed by atoms with E-state index in [0.717, 1.165) is 35.5 Å². The molecule has 27 heavy (non-hydrogen) atoms. The number of amides is 2. The first-order valence-electron chi connectivity index (χ1n) is 9.76. The molecule has 0 bridgehead atoms. The number of rotatable bonds is 5. The van der Waals surface area contributed by atoms with E-state index in [1.54, 1.807) is 0 Å². The van der Waals surface area contributed by atoms with Crippen LogP contribution in [0.15, 0.2) is 48.5 Å². The molecule has 5 nitrogen and oxygen atoms in total. The van der Waals surface area contributed by atoms with E-state index in [9.17, 15) is 4.79 Å². The van der Waals surface area contributed by atoms with Crippen molar-refractivity contribution in [1.29, 1.82) is 0 Å². The van der Waals surface area contributed by atoms with Crippen molar-refractivity contribution in [1.82, 2.24) is 10.2 Å². The van der Waals surface area contributed by atoms with Crippen LogP contribution in [0, 0.1) is 0 Å². The van der Waals surface area contributed by atoms with Crippen molar-refractivity contribution in [3.05, 3.63) is 59.7 Å². The highest BCUT2D eigenvalue weighted by molar-refractivity contribution is 5.74. The number of ether oxygens (including phenoxy) is 2. The Labute approximate surface area is 160 Å². The van der Waals surface area contributed by atoms with Crippen LogP contribution in [0.25, 0.3) is 0 Å². The summed E-state index contributed by atoms with van der Waals surface area (Å²) >= 11 is 0. The monoisotopic (exact) mass is 366 g/mol. The highest BCUT2D eigenvalue weighted by Gasteiger charge is 2.26. The second-order valence-corrected chi connectivity index (χ2v) is 7.25. The van der Waals surface area contributed by atoms with Crippen molar-refractivity contribution in [3.8, 4) is 11.5 Å².